The summed E-state index contributed by atoms with van der Waals surface area (Å²) in [5.74, 6) is 0. The van der Waals surface area contributed by atoms with Crippen LogP contribution in [0.5, 0.6) is 0 Å². The number of anilines is 5. The second-order valence-corrected chi connectivity index (χ2v) is 6.39. The van der Waals surface area contributed by atoms with Gasteiger partial charge < -0.3 is 11.1 Å². The van der Waals surface area contributed by atoms with Crippen LogP contribution in [-0.4, -0.2) is 6.04 Å². The summed E-state index contributed by atoms with van der Waals surface area (Å²) in [7, 11) is 0. The van der Waals surface area contributed by atoms with Gasteiger partial charge in [-0.15, -0.1) is 0 Å². The maximum Gasteiger partial charge on any atom is 0.0831 e. The molecule has 0 radical (unpaired) electrons. The van der Waals surface area contributed by atoms with Gasteiger partial charge in [0.15, 0.2) is 0 Å². The lowest BCUT2D eigenvalue weighted by Gasteiger charge is -2.24. The Balaban J connectivity index is 1.42. The Hall–Kier alpha value is -2.56. The van der Waals surface area contributed by atoms with Gasteiger partial charge in [-0.05, 0) is 55.3 Å². The highest BCUT2D eigenvalue weighted by atomic mass is 15.8. The van der Waals surface area contributed by atoms with Crippen LogP contribution in [0.1, 0.15) is 32.1 Å². The first-order valence-corrected chi connectivity index (χ1v) is 8.37. The maximum atomic E-state index is 5.83. The lowest BCUT2D eigenvalue weighted by Crippen LogP contribution is -2.29. The van der Waals surface area contributed by atoms with E-state index in [1.54, 1.807) is 0 Å². The lowest BCUT2D eigenvalue weighted by molar-refractivity contribution is 0.463. The molecule has 0 aromatic heterocycles. The molecule has 1 fully saturated rings. The molecule has 0 bridgehead atoms. The summed E-state index contributed by atoms with van der Waals surface area (Å²) in [6.45, 7) is 0. The quantitative estimate of drug-likeness (QED) is 0.640. The van der Waals surface area contributed by atoms with Crippen LogP contribution in [0, 0.1) is 0 Å². The zero-order valence-corrected chi connectivity index (χ0v) is 13.2. The molecule has 1 saturated carbocycles. The molecule has 5 nitrogen and oxygen atoms in total. The van der Waals surface area contributed by atoms with E-state index in [0.29, 0.717) is 6.04 Å². The third-order valence-corrected chi connectivity index (χ3v) is 4.61. The van der Waals surface area contributed by atoms with Crippen LogP contribution < -0.4 is 27.0 Å². The van der Waals surface area contributed by atoms with E-state index in [-0.39, 0.29) is 0 Å². The maximum absolute atomic E-state index is 5.83. The van der Waals surface area contributed by atoms with Crippen LogP contribution in [-0.2, 0) is 0 Å². The predicted octanol–water partition coefficient (Wildman–Crippen LogP) is 4.19. The summed E-state index contributed by atoms with van der Waals surface area (Å²) < 4.78 is 0. The van der Waals surface area contributed by atoms with Gasteiger partial charge in [-0.3, -0.25) is 10.9 Å². The minimum absolute atomic E-state index is 0.630. The van der Waals surface area contributed by atoms with Crippen molar-refractivity contribution in [3.8, 4) is 0 Å². The smallest absolute Gasteiger partial charge is 0.0831 e. The zero-order chi connectivity index (χ0) is 15.6. The number of rotatable bonds is 3. The number of hydrogen-bond acceptors (Lipinski definition) is 5. The number of fused-ring (bicyclic) bond motifs is 1. The number of nitrogens with one attached hydrogen (secondary N) is 3. The number of nitrogens with two attached hydrogens (primary N) is 1. The van der Waals surface area contributed by atoms with Gasteiger partial charge in [0.25, 0.3) is 0 Å². The van der Waals surface area contributed by atoms with E-state index in [1.165, 1.54) is 37.8 Å². The van der Waals surface area contributed by atoms with Crippen molar-refractivity contribution < 1.29 is 0 Å². The Morgan fingerprint density at radius 1 is 0.913 bits per heavy atom. The van der Waals surface area contributed by atoms with Crippen molar-refractivity contribution in [2.45, 2.75) is 38.1 Å². The molecule has 5 N–H and O–H groups in total. The summed E-state index contributed by atoms with van der Waals surface area (Å²) in [5.41, 5.74) is 17.5. The highest BCUT2D eigenvalue weighted by molar-refractivity contribution is 5.81. The molecule has 0 spiro atoms. The van der Waals surface area contributed by atoms with Gasteiger partial charge in [-0.1, -0.05) is 19.3 Å². The van der Waals surface area contributed by atoms with Gasteiger partial charge in [0.2, 0.25) is 0 Å². The minimum atomic E-state index is 0.630. The van der Waals surface area contributed by atoms with Crippen molar-refractivity contribution in [1.82, 2.24) is 0 Å². The SMILES string of the molecule is Nc1ccc2c(c1)NN(c1ccc(NC3CCCCC3)cc1)N2. The Bertz CT molecular complexity index is 676. The summed E-state index contributed by atoms with van der Waals surface area (Å²) >= 11 is 0. The highest BCUT2D eigenvalue weighted by Gasteiger charge is 2.18. The molecule has 120 valence electrons. The third kappa shape index (κ3) is 2.99. The Morgan fingerprint density at radius 2 is 1.65 bits per heavy atom. The fourth-order valence-corrected chi connectivity index (χ4v) is 3.34. The summed E-state index contributed by atoms with van der Waals surface area (Å²) in [6, 6.07) is 15.0. The predicted molar refractivity (Wildman–Crippen MR) is 97.5 cm³/mol. The molecule has 4 rings (SSSR count). The first kappa shape index (κ1) is 14.1. The van der Waals surface area contributed by atoms with Gasteiger partial charge in [0.05, 0.1) is 17.1 Å². The molecule has 23 heavy (non-hydrogen) atoms. The molecule has 2 aromatic rings. The van der Waals surface area contributed by atoms with Crippen LogP contribution in [0.2, 0.25) is 0 Å². The zero-order valence-electron chi connectivity index (χ0n) is 13.2. The molecule has 0 atom stereocenters. The van der Waals surface area contributed by atoms with Crippen molar-refractivity contribution in [2.24, 2.45) is 0 Å². The Morgan fingerprint density at radius 3 is 2.43 bits per heavy atom. The van der Waals surface area contributed by atoms with Crippen LogP contribution in [0.3, 0.4) is 0 Å². The molecular weight excluding hydrogens is 286 g/mol. The Labute approximate surface area is 136 Å². The molecule has 0 saturated heterocycles. The Kier molecular flexibility index (Phi) is 3.61. The molecule has 1 aliphatic heterocycles. The first-order chi connectivity index (χ1) is 11.3. The first-order valence-electron chi connectivity index (χ1n) is 8.37. The van der Waals surface area contributed by atoms with Crippen molar-refractivity contribution in [2.75, 3.05) is 27.0 Å². The third-order valence-electron chi connectivity index (χ3n) is 4.61. The van der Waals surface area contributed by atoms with Crippen molar-refractivity contribution in [3.63, 3.8) is 0 Å². The lowest BCUT2D eigenvalue weighted by atomic mass is 9.95. The molecule has 5 heteroatoms. The van der Waals surface area contributed by atoms with E-state index in [9.17, 15) is 0 Å². The van der Waals surface area contributed by atoms with Gasteiger partial charge in [-0.2, -0.15) is 5.12 Å². The van der Waals surface area contributed by atoms with E-state index >= 15 is 0 Å². The van der Waals surface area contributed by atoms with Crippen LogP contribution >= 0.6 is 0 Å². The molecule has 0 unspecified atom stereocenters. The van der Waals surface area contributed by atoms with Crippen molar-refractivity contribution in [3.05, 3.63) is 42.5 Å². The normalized spacial score (nSPS) is 17.3. The minimum Gasteiger partial charge on any atom is -0.399 e. The standard InChI is InChI=1S/C18H23N5/c19-13-6-11-17-18(12-13)22-23(21-17)16-9-7-15(8-10-16)20-14-4-2-1-3-5-14/h6-12,14,20-22H,1-5,19H2. The molecule has 0 amide bonds. The molecular formula is C18H23N5. The number of hydrogen-bond donors (Lipinski definition) is 4. The number of nitrogen functional groups attached to an aromatic ring is 1. The molecule has 1 heterocycles. The van der Waals surface area contributed by atoms with Crippen molar-refractivity contribution >= 4 is 28.4 Å². The van der Waals surface area contributed by atoms with Gasteiger partial charge >= 0.3 is 0 Å². The van der Waals surface area contributed by atoms with Crippen molar-refractivity contribution in [1.29, 1.82) is 0 Å². The average molecular weight is 309 g/mol. The largest absolute Gasteiger partial charge is 0.399 e. The average Bonchev–Trinajstić information content (AvgIpc) is 2.99. The molecule has 2 aliphatic rings. The van der Waals surface area contributed by atoms with Crippen LogP contribution in [0.15, 0.2) is 42.5 Å². The van der Waals surface area contributed by atoms with Gasteiger partial charge in [0, 0.05) is 17.4 Å². The van der Waals surface area contributed by atoms with Gasteiger partial charge in [0.1, 0.15) is 0 Å². The second-order valence-electron chi connectivity index (χ2n) is 6.39. The topological polar surface area (TPSA) is 65.3 Å². The van der Waals surface area contributed by atoms with Crippen LogP contribution in [0.4, 0.5) is 28.4 Å². The monoisotopic (exact) mass is 309 g/mol. The van der Waals surface area contributed by atoms with Crippen LogP contribution in [0.25, 0.3) is 0 Å². The van der Waals surface area contributed by atoms with Gasteiger partial charge in [-0.25, -0.2) is 0 Å². The number of nitrogens with zero attached hydrogens (tertiary/aromatic N) is 1. The van der Waals surface area contributed by atoms with E-state index in [2.05, 4.69) is 40.4 Å². The fourth-order valence-electron chi connectivity index (χ4n) is 3.34. The van der Waals surface area contributed by atoms with E-state index < -0.39 is 0 Å². The fraction of sp³-hybridized carbons (Fsp3) is 0.333. The summed E-state index contributed by atoms with van der Waals surface area (Å²) in [5, 5.41) is 5.56. The number of hydrazine groups is 2. The molecule has 1 aliphatic carbocycles. The second kappa shape index (κ2) is 5.91. The van der Waals surface area contributed by atoms with E-state index in [0.717, 1.165) is 22.7 Å². The van der Waals surface area contributed by atoms with E-state index in [1.807, 2.05) is 23.3 Å². The summed E-state index contributed by atoms with van der Waals surface area (Å²) in [6.07, 6.45) is 6.65. The van der Waals surface area contributed by atoms with E-state index in [4.69, 9.17) is 5.73 Å². The highest BCUT2D eigenvalue weighted by Crippen LogP contribution is 2.33. The summed E-state index contributed by atoms with van der Waals surface area (Å²) in [4.78, 5) is 0. The number of benzene rings is 2. The molecule has 2 aromatic carbocycles.